The van der Waals surface area contributed by atoms with E-state index in [0.29, 0.717) is 6.42 Å². The number of benzene rings is 1. The fourth-order valence-electron chi connectivity index (χ4n) is 2.46. The molecule has 0 aromatic heterocycles. The topological polar surface area (TPSA) is 46.5 Å². The van der Waals surface area contributed by atoms with E-state index < -0.39 is 0 Å². The molecule has 0 spiro atoms. The van der Waals surface area contributed by atoms with Crippen LogP contribution in [0.25, 0.3) is 0 Å². The van der Waals surface area contributed by atoms with Gasteiger partial charge in [-0.3, -0.25) is 4.79 Å². The SMILES string of the molecule is COC(=O)C(CC(C)(C)C)c1ccc(O)c(C(C)(C)C)c1. The van der Waals surface area contributed by atoms with E-state index in [-0.39, 0.29) is 28.5 Å². The fourth-order valence-corrected chi connectivity index (χ4v) is 2.46. The first kappa shape index (κ1) is 17.5. The predicted octanol–water partition coefficient (Wildman–Crippen LogP) is 4.38. The highest BCUT2D eigenvalue weighted by Gasteiger charge is 2.29. The van der Waals surface area contributed by atoms with Gasteiger partial charge in [-0.2, -0.15) is 0 Å². The smallest absolute Gasteiger partial charge is 0.313 e. The second-order valence-corrected chi connectivity index (χ2v) is 7.87. The zero-order valence-corrected chi connectivity index (χ0v) is 14.3. The summed E-state index contributed by atoms with van der Waals surface area (Å²) in [5.41, 5.74) is 1.59. The summed E-state index contributed by atoms with van der Waals surface area (Å²) in [6.07, 6.45) is 0.702. The highest BCUT2D eigenvalue weighted by Crippen LogP contribution is 2.37. The number of carbonyl (C=O) groups excluding carboxylic acids is 1. The van der Waals surface area contributed by atoms with Crippen molar-refractivity contribution >= 4 is 5.97 Å². The van der Waals surface area contributed by atoms with Crippen LogP contribution < -0.4 is 0 Å². The van der Waals surface area contributed by atoms with Gasteiger partial charge in [-0.1, -0.05) is 53.7 Å². The van der Waals surface area contributed by atoms with Gasteiger partial charge in [0.15, 0.2) is 0 Å². The van der Waals surface area contributed by atoms with E-state index in [1.165, 1.54) is 7.11 Å². The lowest BCUT2D eigenvalue weighted by Gasteiger charge is -2.27. The minimum atomic E-state index is -0.309. The van der Waals surface area contributed by atoms with E-state index in [1.807, 2.05) is 32.9 Å². The molecule has 0 fully saturated rings. The first-order valence-electron chi connectivity index (χ1n) is 7.37. The first-order valence-corrected chi connectivity index (χ1v) is 7.37. The molecule has 1 N–H and O–H groups in total. The molecule has 0 amide bonds. The summed E-state index contributed by atoms with van der Waals surface area (Å²) in [5, 5.41) is 10.1. The van der Waals surface area contributed by atoms with E-state index in [4.69, 9.17) is 4.74 Å². The second-order valence-electron chi connectivity index (χ2n) is 7.87. The molecule has 1 atom stereocenters. The molecule has 21 heavy (non-hydrogen) atoms. The normalized spacial score (nSPS) is 13.9. The molecule has 118 valence electrons. The molecule has 0 saturated carbocycles. The summed E-state index contributed by atoms with van der Waals surface area (Å²) in [4.78, 5) is 12.2. The quantitative estimate of drug-likeness (QED) is 0.841. The first-order chi connectivity index (χ1) is 9.45. The van der Waals surface area contributed by atoms with Crippen molar-refractivity contribution in [3.8, 4) is 5.75 Å². The Balaban J connectivity index is 3.29. The molecule has 0 radical (unpaired) electrons. The molecule has 0 heterocycles. The molecule has 0 aliphatic rings. The molecular weight excluding hydrogens is 264 g/mol. The number of ether oxygens (including phenoxy) is 1. The van der Waals surface area contributed by atoms with E-state index in [0.717, 1.165) is 11.1 Å². The number of aromatic hydroxyl groups is 1. The summed E-state index contributed by atoms with van der Waals surface area (Å²) in [6.45, 7) is 12.4. The van der Waals surface area contributed by atoms with Crippen LogP contribution >= 0.6 is 0 Å². The summed E-state index contributed by atoms with van der Waals surface area (Å²) >= 11 is 0. The van der Waals surface area contributed by atoms with Crippen molar-refractivity contribution in [1.82, 2.24) is 0 Å². The predicted molar refractivity (Wildman–Crippen MR) is 85.6 cm³/mol. The number of rotatable bonds is 3. The summed E-state index contributed by atoms with van der Waals surface area (Å²) in [6, 6.07) is 5.43. The lowest BCUT2D eigenvalue weighted by Crippen LogP contribution is -2.21. The molecule has 0 aliphatic carbocycles. The molecule has 1 aromatic rings. The van der Waals surface area contributed by atoms with Crippen LogP contribution in [0.15, 0.2) is 18.2 Å². The van der Waals surface area contributed by atoms with Gasteiger partial charge in [0.25, 0.3) is 0 Å². The number of carbonyl (C=O) groups is 1. The molecular formula is C18H28O3. The lowest BCUT2D eigenvalue weighted by atomic mass is 9.79. The Morgan fingerprint density at radius 1 is 1.19 bits per heavy atom. The maximum absolute atomic E-state index is 12.2. The van der Waals surface area contributed by atoms with Crippen molar-refractivity contribution in [3.05, 3.63) is 29.3 Å². The van der Waals surface area contributed by atoms with Crippen LogP contribution in [0.1, 0.15) is 65.0 Å². The van der Waals surface area contributed by atoms with Crippen LogP contribution in [0, 0.1) is 5.41 Å². The number of methoxy groups -OCH3 is 1. The maximum Gasteiger partial charge on any atom is 0.313 e. The summed E-state index contributed by atoms with van der Waals surface area (Å²) in [5.74, 6) is -0.266. The summed E-state index contributed by atoms with van der Waals surface area (Å²) in [7, 11) is 1.42. The third-order valence-electron chi connectivity index (χ3n) is 3.53. The number of hydrogen-bond acceptors (Lipinski definition) is 3. The molecule has 1 rings (SSSR count). The molecule has 3 heteroatoms. The van der Waals surface area contributed by atoms with Gasteiger partial charge in [-0.15, -0.1) is 0 Å². The van der Waals surface area contributed by atoms with Crippen molar-refractivity contribution in [1.29, 1.82) is 0 Å². The van der Waals surface area contributed by atoms with E-state index in [1.54, 1.807) is 6.07 Å². The van der Waals surface area contributed by atoms with E-state index >= 15 is 0 Å². The Morgan fingerprint density at radius 2 is 1.76 bits per heavy atom. The monoisotopic (exact) mass is 292 g/mol. The number of esters is 1. The van der Waals surface area contributed by atoms with Crippen molar-refractivity contribution in [2.45, 2.75) is 59.3 Å². The van der Waals surface area contributed by atoms with E-state index in [2.05, 4.69) is 20.8 Å². The highest BCUT2D eigenvalue weighted by atomic mass is 16.5. The third-order valence-corrected chi connectivity index (χ3v) is 3.53. The van der Waals surface area contributed by atoms with Crippen molar-refractivity contribution in [2.75, 3.05) is 7.11 Å². The van der Waals surface area contributed by atoms with Gasteiger partial charge in [0.05, 0.1) is 13.0 Å². The van der Waals surface area contributed by atoms with Crippen molar-refractivity contribution in [2.24, 2.45) is 5.41 Å². The Kier molecular flexibility index (Phi) is 5.08. The fraction of sp³-hybridized carbons (Fsp3) is 0.611. The third kappa shape index (κ3) is 4.76. The minimum absolute atomic E-state index is 0.0125. The average Bonchev–Trinajstić information content (AvgIpc) is 2.33. The molecule has 1 unspecified atom stereocenters. The van der Waals surface area contributed by atoms with Crippen LogP contribution in [-0.4, -0.2) is 18.2 Å². The van der Waals surface area contributed by atoms with Gasteiger partial charge in [0.2, 0.25) is 0 Å². The second kappa shape index (κ2) is 6.08. The minimum Gasteiger partial charge on any atom is -0.508 e. The zero-order chi connectivity index (χ0) is 16.4. The van der Waals surface area contributed by atoms with Gasteiger partial charge < -0.3 is 9.84 Å². The summed E-state index contributed by atoms with van der Waals surface area (Å²) < 4.78 is 4.97. The maximum atomic E-state index is 12.2. The van der Waals surface area contributed by atoms with E-state index in [9.17, 15) is 9.90 Å². The molecule has 3 nitrogen and oxygen atoms in total. The van der Waals surface area contributed by atoms with Crippen LogP contribution in [0.5, 0.6) is 5.75 Å². The van der Waals surface area contributed by atoms with Gasteiger partial charge in [-0.25, -0.2) is 0 Å². The van der Waals surface area contributed by atoms with Gasteiger partial charge in [-0.05, 0) is 34.4 Å². The molecule has 0 bridgehead atoms. The standard InChI is InChI=1S/C18H28O3/c1-17(2,3)11-13(16(20)21-7)12-8-9-15(19)14(10-12)18(4,5)6/h8-10,13,19H,11H2,1-7H3. The van der Waals surface area contributed by atoms with Gasteiger partial charge >= 0.3 is 5.97 Å². The largest absolute Gasteiger partial charge is 0.508 e. The van der Waals surface area contributed by atoms with Crippen LogP contribution in [0.2, 0.25) is 0 Å². The lowest BCUT2D eigenvalue weighted by molar-refractivity contribution is -0.143. The number of phenolic OH excluding ortho intramolecular Hbond substituents is 1. The molecule has 0 saturated heterocycles. The van der Waals surface area contributed by atoms with Crippen molar-refractivity contribution in [3.63, 3.8) is 0 Å². The van der Waals surface area contributed by atoms with Gasteiger partial charge in [0.1, 0.15) is 5.75 Å². The number of phenols is 1. The Morgan fingerprint density at radius 3 is 2.19 bits per heavy atom. The van der Waals surface area contributed by atoms with Crippen LogP contribution in [0.4, 0.5) is 0 Å². The molecule has 0 aliphatic heterocycles. The zero-order valence-electron chi connectivity index (χ0n) is 14.3. The Labute approximate surface area is 128 Å². The average molecular weight is 292 g/mol. The van der Waals surface area contributed by atoms with Crippen LogP contribution in [-0.2, 0) is 14.9 Å². The highest BCUT2D eigenvalue weighted by molar-refractivity contribution is 5.78. The number of hydrogen-bond donors (Lipinski definition) is 1. The Hall–Kier alpha value is -1.51. The van der Waals surface area contributed by atoms with Gasteiger partial charge in [0, 0.05) is 0 Å². The molecule has 1 aromatic carbocycles. The Bertz CT molecular complexity index is 504. The van der Waals surface area contributed by atoms with Crippen LogP contribution in [0.3, 0.4) is 0 Å². The van der Waals surface area contributed by atoms with Crippen molar-refractivity contribution < 1.29 is 14.6 Å².